The molecule has 1 atom stereocenters. The first-order chi connectivity index (χ1) is 6.18. The Morgan fingerprint density at radius 2 is 2.08 bits per heavy atom. The summed E-state index contributed by atoms with van der Waals surface area (Å²) >= 11 is 1.89. The third kappa shape index (κ3) is 6.36. The van der Waals surface area contributed by atoms with E-state index in [1.54, 1.807) is 0 Å². The van der Waals surface area contributed by atoms with Crippen LogP contribution < -0.4 is 5.32 Å². The van der Waals surface area contributed by atoms with Crippen LogP contribution in [0, 0.1) is 0 Å². The number of aliphatic hydroxyl groups excluding tert-OH is 1. The molecule has 3 heteroatoms. The van der Waals surface area contributed by atoms with Crippen molar-refractivity contribution >= 4 is 11.8 Å². The zero-order valence-electron chi connectivity index (χ0n) is 9.10. The van der Waals surface area contributed by atoms with Gasteiger partial charge in [-0.05, 0) is 38.3 Å². The second kappa shape index (κ2) is 7.65. The van der Waals surface area contributed by atoms with E-state index in [9.17, 15) is 5.11 Å². The number of nitrogens with one attached hydrogen (secondary N) is 1. The Hall–Kier alpha value is 0.270. The molecule has 0 fully saturated rings. The van der Waals surface area contributed by atoms with Gasteiger partial charge in [-0.25, -0.2) is 0 Å². The van der Waals surface area contributed by atoms with Crippen LogP contribution in [0.25, 0.3) is 0 Å². The fourth-order valence-corrected chi connectivity index (χ4v) is 1.90. The van der Waals surface area contributed by atoms with Gasteiger partial charge in [-0.3, -0.25) is 0 Å². The van der Waals surface area contributed by atoms with Gasteiger partial charge in [0.1, 0.15) is 0 Å². The van der Waals surface area contributed by atoms with Crippen molar-refractivity contribution in [2.24, 2.45) is 0 Å². The lowest BCUT2D eigenvalue weighted by Crippen LogP contribution is -2.45. The van der Waals surface area contributed by atoms with Crippen LogP contribution in [0.4, 0.5) is 0 Å². The van der Waals surface area contributed by atoms with Crippen molar-refractivity contribution in [2.75, 3.05) is 25.2 Å². The molecule has 0 aromatic rings. The maximum Gasteiger partial charge on any atom is 0.0610 e. The zero-order valence-corrected chi connectivity index (χ0v) is 9.91. The molecular formula is C10H23NOS. The van der Waals surface area contributed by atoms with E-state index in [1.165, 1.54) is 18.6 Å². The van der Waals surface area contributed by atoms with E-state index in [4.69, 9.17) is 0 Å². The van der Waals surface area contributed by atoms with E-state index >= 15 is 0 Å². The first-order valence-electron chi connectivity index (χ1n) is 5.03. The molecule has 1 unspecified atom stereocenters. The first-order valence-corrected chi connectivity index (χ1v) is 6.42. The molecule has 0 radical (unpaired) electrons. The van der Waals surface area contributed by atoms with Gasteiger partial charge in [0.15, 0.2) is 0 Å². The highest BCUT2D eigenvalue weighted by molar-refractivity contribution is 7.98. The smallest absolute Gasteiger partial charge is 0.0610 e. The van der Waals surface area contributed by atoms with E-state index in [0.717, 1.165) is 13.0 Å². The normalized spacial score (nSPS) is 15.7. The lowest BCUT2D eigenvalue weighted by atomic mass is 9.96. The van der Waals surface area contributed by atoms with Crippen LogP contribution in [0.3, 0.4) is 0 Å². The molecule has 0 aromatic heterocycles. The Morgan fingerprint density at radius 3 is 2.54 bits per heavy atom. The maximum absolute atomic E-state index is 9.21. The molecule has 0 spiro atoms. The predicted molar refractivity (Wildman–Crippen MR) is 61.4 cm³/mol. The van der Waals surface area contributed by atoms with Crippen molar-refractivity contribution in [3.8, 4) is 0 Å². The van der Waals surface area contributed by atoms with Crippen LogP contribution in [0.2, 0.25) is 0 Å². The summed E-state index contributed by atoms with van der Waals surface area (Å²) in [5.41, 5.74) is -0.0623. The van der Waals surface area contributed by atoms with Crippen LogP contribution in [0.5, 0.6) is 0 Å². The summed E-state index contributed by atoms with van der Waals surface area (Å²) in [4.78, 5) is 0. The number of unbranched alkanes of at least 4 members (excludes halogenated alkanes) is 1. The fraction of sp³-hybridized carbons (Fsp3) is 1.00. The molecule has 0 aliphatic rings. The zero-order chi connectivity index (χ0) is 10.2. The van der Waals surface area contributed by atoms with Crippen LogP contribution in [-0.4, -0.2) is 35.8 Å². The van der Waals surface area contributed by atoms with Crippen molar-refractivity contribution in [3.63, 3.8) is 0 Å². The lowest BCUT2D eigenvalue weighted by molar-refractivity contribution is 0.165. The molecule has 0 aliphatic heterocycles. The van der Waals surface area contributed by atoms with Crippen LogP contribution in [-0.2, 0) is 0 Å². The largest absolute Gasteiger partial charge is 0.394 e. The summed E-state index contributed by atoms with van der Waals surface area (Å²) in [5.74, 6) is 1.23. The van der Waals surface area contributed by atoms with Gasteiger partial charge in [-0.1, -0.05) is 13.3 Å². The van der Waals surface area contributed by atoms with E-state index < -0.39 is 0 Å². The SMILES string of the molecule is CCNC(C)(CO)CCCCSC. The average molecular weight is 205 g/mol. The van der Waals surface area contributed by atoms with Crippen LogP contribution in [0.1, 0.15) is 33.1 Å². The minimum atomic E-state index is -0.0623. The van der Waals surface area contributed by atoms with E-state index in [-0.39, 0.29) is 12.1 Å². The van der Waals surface area contributed by atoms with Crippen molar-refractivity contribution in [1.29, 1.82) is 0 Å². The maximum atomic E-state index is 9.21. The Kier molecular flexibility index (Phi) is 7.81. The molecule has 2 N–H and O–H groups in total. The van der Waals surface area contributed by atoms with Gasteiger partial charge in [0.2, 0.25) is 0 Å². The molecule has 0 heterocycles. The standard InChI is InChI=1S/C10H23NOS/c1-4-11-10(2,9-12)7-5-6-8-13-3/h11-12H,4-9H2,1-3H3. The van der Waals surface area contributed by atoms with Gasteiger partial charge in [-0.15, -0.1) is 0 Å². The summed E-state index contributed by atoms with van der Waals surface area (Å²) in [5, 5.41) is 12.5. The molecule has 13 heavy (non-hydrogen) atoms. The highest BCUT2D eigenvalue weighted by Gasteiger charge is 2.20. The molecule has 0 amide bonds. The minimum Gasteiger partial charge on any atom is -0.394 e. The van der Waals surface area contributed by atoms with Crippen molar-refractivity contribution in [1.82, 2.24) is 5.32 Å². The lowest BCUT2D eigenvalue weighted by Gasteiger charge is -2.28. The number of rotatable bonds is 8. The Labute approximate surface area is 86.5 Å². The molecule has 0 saturated heterocycles. The Bertz CT molecular complexity index is 121. The molecule has 80 valence electrons. The minimum absolute atomic E-state index is 0.0623. The predicted octanol–water partition coefficient (Wildman–Crippen LogP) is 1.88. The van der Waals surface area contributed by atoms with Gasteiger partial charge >= 0.3 is 0 Å². The highest BCUT2D eigenvalue weighted by Crippen LogP contribution is 2.14. The number of hydrogen-bond acceptors (Lipinski definition) is 3. The average Bonchev–Trinajstić information content (AvgIpc) is 2.13. The molecule has 0 aliphatic carbocycles. The second-order valence-corrected chi connectivity index (χ2v) is 4.68. The van der Waals surface area contributed by atoms with Gasteiger partial charge in [0, 0.05) is 5.54 Å². The topological polar surface area (TPSA) is 32.3 Å². The molecule has 0 aromatic carbocycles. The Balaban J connectivity index is 3.57. The molecular weight excluding hydrogens is 182 g/mol. The first kappa shape index (κ1) is 13.3. The fourth-order valence-electron chi connectivity index (χ4n) is 1.41. The molecule has 0 saturated carbocycles. The van der Waals surface area contributed by atoms with E-state index in [0.29, 0.717) is 0 Å². The van der Waals surface area contributed by atoms with Crippen LogP contribution >= 0.6 is 11.8 Å². The van der Waals surface area contributed by atoms with Crippen molar-refractivity contribution in [3.05, 3.63) is 0 Å². The van der Waals surface area contributed by atoms with Crippen LogP contribution in [0.15, 0.2) is 0 Å². The summed E-state index contributed by atoms with van der Waals surface area (Å²) in [6.07, 6.45) is 5.65. The van der Waals surface area contributed by atoms with Gasteiger partial charge < -0.3 is 10.4 Å². The monoisotopic (exact) mass is 205 g/mol. The number of thioether (sulfide) groups is 1. The summed E-state index contributed by atoms with van der Waals surface area (Å²) in [6.45, 7) is 5.34. The quantitative estimate of drug-likeness (QED) is 0.593. The van der Waals surface area contributed by atoms with Crippen molar-refractivity contribution < 1.29 is 5.11 Å². The number of likely N-dealkylation sites (N-methyl/N-ethyl adjacent to an activating group) is 1. The van der Waals surface area contributed by atoms with Gasteiger partial charge in [0.25, 0.3) is 0 Å². The van der Waals surface area contributed by atoms with Crippen molar-refractivity contribution in [2.45, 2.75) is 38.6 Å². The second-order valence-electron chi connectivity index (χ2n) is 3.70. The Morgan fingerprint density at radius 1 is 1.38 bits per heavy atom. The number of hydrogen-bond donors (Lipinski definition) is 2. The third-order valence-electron chi connectivity index (χ3n) is 2.28. The summed E-state index contributed by atoms with van der Waals surface area (Å²) in [6, 6.07) is 0. The third-order valence-corrected chi connectivity index (χ3v) is 2.98. The van der Waals surface area contributed by atoms with E-state index in [1.807, 2.05) is 11.8 Å². The highest BCUT2D eigenvalue weighted by atomic mass is 32.2. The van der Waals surface area contributed by atoms with Gasteiger partial charge in [0.05, 0.1) is 6.61 Å². The van der Waals surface area contributed by atoms with E-state index in [2.05, 4.69) is 25.4 Å². The summed E-state index contributed by atoms with van der Waals surface area (Å²) in [7, 11) is 0. The molecule has 0 bridgehead atoms. The molecule has 2 nitrogen and oxygen atoms in total. The number of aliphatic hydroxyl groups is 1. The summed E-state index contributed by atoms with van der Waals surface area (Å²) < 4.78 is 0. The van der Waals surface area contributed by atoms with Gasteiger partial charge in [-0.2, -0.15) is 11.8 Å². The molecule has 0 rings (SSSR count).